The summed E-state index contributed by atoms with van der Waals surface area (Å²) >= 11 is 0. The van der Waals surface area contributed by atoms with Crippen LogP contribution in [-0.2, 0) is 14.4 Å². The van der Waals surface area contributed by atoms with Crippen molar-refractivity contribution in [1.29, 1.82) is 0 Å². The second kappa shape index (κ2) is 8.61. The summed E-state index contributed by atoms with van der Waals surface area (Å²) in [6.07, 6.45) is 1.98. The number of nitrogens with one attached hydrogen (secondary N) is 1. The maximum atomic E-state index is 13.7. The average molecular weight is 432 g/mol. The molecule has 0 radical (unpaired) electrons. The van der Waals surface area contributed by atoms with E-state index in [2.05, 4.69) is 17.1 Å². The summed E-state index contributed by atoms with van der Waals surface area (Å²) in [6, 6.07) is 12.9. The van der Waals surface area contributed by atoms with Crippen LogP contribution in [0.5, 0.6) is 0 Å². The Morgan fingerprint density at radius 3 is 2.09 bits per heavy atom. The van der Waals surface area contributed by atoms with Crippen LogP contribution in [0.3, 0.4) is 0 Å². The first-order chi connectivity index (χ1) is 15.2. The highest BCUT2D eigenvalue weighted by Gasteiger charge is 2.43. The molecule has 3 amide bonds. The minimum atomic E-state index is -0.305. The molecule has 4 rings (SSSR count). The van der Waals surface area contributed by atoms with E-state index >= 15 is 0 Å². The molecule has 0 atom stereocenters. The molecule has 1 fully saturated rings. The second-order valence-electron chi connectivity index (χ2n) is 8.94. The molecule has 166 valence electrons. The van der Waals surface area contributed by atoms with Gasteiger partial charge in [-0.05, 0) is 73.6 Å². The van der Waals surface area contributed by atoms with E-state index in [0.29, 0.717) is 34.1 Å². The largest absolute Gasteiger partial charge is 0.366 e. The van der Waals surface area contributed by atoms with Crippen molar-refractivity contribution in [2.45, 2.75) is 40.5 Å². The summed E-state index contributed by atoms with van der Waals surface area (Å²) in [5, 5.41) is 2.74. The van der Waals surface area contributed by atoms with Crippen molar-refractivity contribution in [1.82, 2.24) is 4.90 Å². The number of hydrogen-bond donors (Lipinski definition) is 1. The lowest BCUT2D eigenvalue weighted by Gasteiger charge is -2.32. The lowest BCUT2D eigenvalue weighted by Crippen LogP contribution is -2.38. The molecule has 0 aromatic heterocycles. The van der Waals surface area contributed by atoms with Crippen LogP contribution < -0.4 is 10.2 Å². The first-order valence-corrected chi connectivity index (χ1v) is 11.1. The Hall–Kier alpha value is -3.41. The number of amides is 3. The molecule has 0 saturated carbocycles. The predicted molar refractivity (Wildman–Crippen MR) is 126 cm³/mol. The molecule has 6 heteroatoms. The number of carbonyl (C=O) groups excluding carboxylic acids is 3. The van der Waals surface area contributed by atoms with E-state index in [9.17, 15) is 14.4 Å². The van der Waals surface area contributed by atoms with Gasteiger partial charge >= 0.3 is 0 Å². The lowest BCUT2D eigenvalue weighted by atomic mass is 9.97. The molecular formula is C26H29N3O3. The van der Waals surface area contributed by atoms with E-state index in [4.69, 9.17) is 0 Å². The third kappa shape index (κ3) is 4.17. The van der Waals surface area contributed by atoms with Crippen molar-refractivity contribution in [3.8, 4) is 0 Å². The van der Waals surface area contributed by atoms with Gasteiger partial charge in [-0.2, -0.15) is 0 Å². The minimum absolute atomic E-state index is 0.159. The smallest absolute Gasteiger partial charge is 0.282 e. The third-order valence-electron chi connectivity index (χ3n) is 6.12. The number of likely N-dealkylation sites (tertiary alicyclic amines) is 1. The average Bonchev–Trinajstić information content (AvgIpc) is 2.98. The van der Waals surface area contributed by atoms with Crippen LogP contribution in [-0.4, -0.2) is 35.7 Å². The molecule has 2 aromatic carbocycles. The summed E-state index contributed by atoms with van der Waals surface area (Å²) in [5.74, 6) is -0.125. The molecule has 2 aliphatic heterocycles. The fourth-order valence-corrected chi connectivity index (χ4v) is 4.54. The van der Waals surface area contributed by atoms with Crippen LogP contribution in [0.2, 0.25) is 0 Å². The van der Waals surface area contributed by atoms with E-state index < -0.39 is 0 Å². The molecule has 0 spiro atoms. The molecular weight excluding hydrogens is 402 g/mol. The number of benzene rings is 2. The van der Waals surface area contributed by atoms with Crippen LogP contribution in [0, 0.1) is 19.8 Å². The number of piperidine rings is 1. The Labute approximate surface area is 188 Å². The topological polar surface area (TPSA) is 69.7 Å². The summed E-state index contributed by atoms with van der Waals surface area (Å²) < 4.78 is 0. The first-order valence-electron chi connectivity index (χ1n) is 11.1. The monoisotopic (exact) mass is 431 g/mol. The van der Waals surface area contributed by atoms with Crippen molar-refractivity contribution >= 4 is 34.7 Å². The predicted octanol–water partition coefficient (Wildman–Crippen LogP) is 4.28. The maximum absolute atomic E-state index is 13.7. The van der Waals surface area contributed by atoms with E-state index in [0.717, 1.165) is 37.1 Å². The van der Waals surface area contributed by atoms with Crippen LogP contribution in [0.1, 0.15) is 43.4 Å². The Kier molecular flexibility index (Phi) is 5.87. The van der Waals surface area contributed by atoms with Gasteiger partial charge < -0.3 is 10.2 Å². The van der Waals surface area contributed by atoms with Crippen LogP contribution in [0.15, 0.2) is 48.2 Å². The number of anilines is 2. The van der Waals surface area contributed by atoms with Crippen LogP contribution >= 0.6 is 0 Å². The van der Waals surface area contributed by atoms with Gasteiger partial charge in [0, 0.05) is 25.7 Å². The van der Waals surface area contributed by atoms with Gasteiger partial charge in [0.15, 0.2) is 0 Å². The highest BCUT2D eigenvalue weighted by Crippen LogP contribution is 2.37. The molecule has 6 nitrogen and oxygen atoms in total. The second-order valence-corrected chi connectivity index (χ2v) is 8.94. The summed E-state index contributed by atoms with van der Waals surface area (Å²) in [6.45, 7) is 9.10. The van der Waals surface area contributed by atoms with Gasteiger partial charge in [-0.3, -0.25) is 14.4 Å². The van der Waals surface area contributed by atoms with Crippen molar-refractivity contribution in [3.63, 3.8) is 0 Å². The minimum Gasteiger partial charge on any atom is -0.366 e. The van der Waals surface area contributed by atoms with Gasteiger partial charge in [-0.1, -0.05) is 25.1 Å². The van der Waals surface area contributed by atoms with E-state index in [1.807, 2.05) is 32.0 Å². The molecule has 0 unspecified atom stereocenters. The van der Waals surface area contributed by atoms with Crippen molar-refractivity contribution < 1.29 is 14.4 Å². The molecule has 0 aliphatic carbocycles. The van der Waals surface area contributed by atoms with Gasteiger partial charge in [0.05, 0.1) is 11.3 Å². The van der Waals surface area contributed by atoms with Crippen molar-refractivity contribution in [2.75, 3.05) is 23.3 Å². The number of imide groups is 1. The zero-order chi connectivity index (χ0) is 23.0. The molecule has 0 bridgehead atoms. The quantitative estimate of drug-likeness (QED) is 0.734. The van der Waals surface area contributed by atoms with Crippen LogP contribution in [0.4, 0.5) is 11.4 Å². The fourth-order valence-electron chi connectivity index (χ4n) is 4.54. The first kappa shape index (κ1) is 21.8. The highest BCUT2D eigenvalue weighted by molar-refractivity contribution is 6.45. The molecule has 2 aliphatic rings. The van der Waals surface area contributed by atoms with Gasteiger partial charge in [-0.15, -0.1) is 0 Å². The van der Waals surface area contributed by atoms with Gasteiger partial charge in [-0.25, -0.2) is 4.90 Å². The van der Waals surface area contributed by atoms with Gasteiger partial charge in [0.2, 0.25) is 5.91 Å². The Balaban J connectivity index is 1.78. The summed E-state index contributed by atoms with van der Waals surface area (Å²) in [7, 11) is 0. The normalized spacial score (nSPS) is 17.4. The van der Waals surface area contributed by atoms with Gasteiger partial charge in [0.25, 0.3) is 11.8 Å². The highest BCUT2D eigenvalue weighted by atomic mass is 16.2. The SMILES string of the molecule is CC(=O)Nc1ccc(C2=C(N3CCC(C)CC3)C(=O)N(c3cc(C)cc(C)c3)C2=O)cc1. The summed E-state index contributed by atoms with van der Waals surface area (Å²) in [4.78, 5) is 42.1. The van der Waals surface area contributed by atoms with E-state index in [1.54, 1.807) is 24.3 Å². The molecule has 32 heavy (non-hydrogen) atoms. The summed E-state index contributed by atoms with van der Waals surface area (Å²) in [5.41, 5.74) is 4.84. The Morgan fingerprint density at radius 2 is 1.53 bits per heavy atom. The zero-order valence-electron chi connectivity index (χ0n) is 19.1. The molecule has 1 N–H and O–H groups in total. The van der Waals surface area contributed by atoms with Gasteiger partial charge in [0.1, 0.15) is 5.70 Å². The Bertz CT molecular complexity index is 1090. The number of carbonyl (C=O) groups is 3. The molecule has 2 aromatic rings. The molecule has 1 saturated heterocycles. The lowest BCUT2D eigenvalue weighted by molar-refractivity contribution is -0.121. The fraction of sp³-hybridized carbons (Fsp3) is 0.346. The third-order valence-corrected chi connectivity index (χ3v) is 6.12. The zero-order valence-corrected chi connectivity index (χ0v) is 19.1. The number of rotatable bonds is 4. The van der Waals surface area contributed by atoms with Crippen LogP contribution in [0.25, 0.3) is 5.57 Å². The number of hydrogen-bond acceptors (Lipinski definition) is 4. The standard InChI is InChI=1S/C26H29N3O3/c1-16-9-11-28(12-10-16)24-23(20-5-7-21(8-6-20)27-19(4)30)25(31)29(26(24)32)22-14-17(2)13-18(3)15-22/h5-8,13-16H,9-12H2,1-4H3,(H,27,30). The Morgan fingerprint density at radius 1 is 0.938 bits per heavy atom. The van der Waals surface area contributed by atoms with Crippen molar-refractivity contribution in [2.24, 2.45) is 5.92 Å². The number of nitrogens with zero attached hydrogens (tertiary/aromatic N) is 2. The van der Waals surface area contributed by atoms with E-state index in [-0.39, 0.29) is 17.7 Å². The maximum Gasteiger partial charge on any atom is 0.282 e. The van der Waals surface area contributed by atoms with E-state index in [1.165, 1.54) is 11.8 Å². The number of aryl methyl sites for hydroxylation is 2. The molecule has 2 heterocycles. The van der Waals surface area contributed by atoms with Crippen molar-refractivity contribution in [3.05, 3.63) is 64.9 Å².